The summed E-state index contributed by atoms with van der Waals surface area (Å²) in [5.41, 5.74) is 7.52. The number of ether oxygens (including phenoxy) is 1. The van der Waals surface area contributed by atoms with Crippen molar-refractivity contribution in [2.75, 3.05) is 24.7 Å². The monoisotopic (exact) mass is 276 g/mol. The largest absolute Gasteiger partial charge is 0.463 e. The van der Waals surface area contributed by atoms with E-state index in [1.165, 1.54) is 5.01 Å². The van der Waals surface area contributed by atoms with E-state index in [9.17, 15) is 4.79 Å². The molecule has 0 bridgehead atoms. The molecule has 0 heterocycles. The number of nitrogens with two attached hydrogens (primary N) is 1. The van der Waals surface area contributed by atoms with Gasteiger partial charge in [-0.1, -0.05) is 12.1 Å². The smallest absolute Gasteiger partial charge is 0.337 e. The Labute approximate surface area is 118 Å². The second kappa shape index (κ2) is 7.18. The van der Waals surface area contributed by atoms with Crippen molar-refractivity contribution in [2.24, 2.45) is 5.10 Å². The van der Waals surface area contributed by atoms with E-state index in [2.05, 4.69) is 17.1 Å². The number of esters is 1. The summed E-state index contributed by atoms with van der Waals surface area (Å²) in [5, 5.41) is 8.33. The number of nitrogens with zero attached hydrogens (tertiary/aromatic N) is 2. The van der Waals surface area contributed by atoms with E-state index >= 15 is 0 Å². The topological polar surface area (TPSA) is 80.0 Å². The van der Waals surface area contributed by atoms with E-state index in [0.717, 1.165) is 0 Å². The van der Waals surface area contributed by atoms with Crippen LogP contribution < -0.4 is 11.1 Å². The number of anilines is 2. The average molecular weight is 276 g/mol. The van der Waals surface area contributed by atoms with Crippen LogP contribution >= 0.6 is 0 Å². The number of para-hydroxylation sites is 2. The number of nitrogens with one attached hydrogen (secondary N) is 1. The molecular formula is C14H20N4O2. The molecular weight excluding hydrogens is 256 g/mol. The molecule has 1 aromatic carbocycles. The van der Waals surface area contributed by atoms with Crippen LogP contribution in [0.5, 0.6) is 0 Å². The quantitative estimate of drug-likeness (QED) is 0.273. The predicted octanol–water partition coefficient (Wildman–Crippen LogP) is 2.02. The maximum Gasteiger partial charge on any atom is 0.337 e. The number of hydrogen-bond acceptors (Lipinski definition) is 6. The SMILES string of the molecule is C=NN(C)/C(Nc1ccccc1N)=C(\C)C(=O)OCC. The molecule has 0 amide bonds. The zero-order chi connectivity index (χ0) is 15.1. The summed E-state index contributed by atoms with van der Waals surface area (Å²) in [6.07, 6.45) is 0. The minimum atomic E-state index is -0.417. The van der Waals surface area contributed by atoms with Crippen molar-refractivity contribution < 1.29 is 9.53 Å². The molecule has 0 unspecified atom stereocenters. The summed E-state index contributed by atoms with van der Waals surface area (Å²) in [5.74, 6) is 0.0522. The van der Waals surface area contributed by atoms with Crippen LogP contribution in [0.15, 0.2) is 40.8 Å². The van der Waals surface area contributed by atoms with Crippen molar-refractivity contribution in [3.05, 3.63) is 35.7 Å². The van der Waals surface area contributed by atoms with Gasteiger partial charge in [-0.2, -0.15) is 5.10 Å². The number of hydrogen-bond donors (Lipinski definition) is 2. The van der Waals surface area contributed by atoms with Crippen molar-refractivity contribution in [3.8, 4) is 0 Å². The summed E-state index contributed by atoms with van der Waals surface area (Å²) < 4.78 is 4.99. The van der Waals surface area contributed by atoms with E-state index < -0.39 is 5.97 Å². The van der Waals surface area contributed by atoms with Gasteiger partial charge >= 0.3 is 5.97 Å². The summed E-state index contributed by atoms with van der Waals surface area (Å²) in [6, 6.07) is 7.25. The summed E-state index contributed by atoms with van der Waals surface area (Å²) in [6.45, 7) is 7.17. The van der Waals surface area contributed by atoms with Crippen molar-refractivity contribution >= 4 is 24.1 Å². The van der Waals surface area contributed by atoms with E-state index in [1.54, 1.807) is 27.0 Å². The predicted molar refractivity (Wildman–Crippen MR) is 81.1 cm³/mol. The lowest BCUT2D eigenvalue weighted by atomic mass is 10.2. The van der Waals surface area contributed by atoms with Crippen molar-refractivity contribution in [2.45, 2.75) is 13.8 Å². The van der Waals surface area contributed by atoms with Gasteiger partial charge in [-0.25, -0.2) is 4.79 Å². The van der Waals surface area contributed by atoms with Gasteiger partial charge in [-0.15, -0.1) is 0 Å². The Kier molecular flexibility index (Phi) is 5.58. The van der Waals surface area contributed by atoms with Gasteiger partial charge in [0.1, 0.15) is 5.82 Å². The molecule has 0 saturated carbocycles. The fourth-order valence-electron chi connectivity index (χ4n) is 1.56. The van der Waals surface area contributed by atoms with Crippen LogP contribution in [0.4, 0.5) is 11.4 Å². The highest BCUT2D eigenvalue weighted by Gasteiger charge is 2.16. The van der Waals surface area contributed by atoms with Crippen LogP contribution in [0.1, 0.15) is 13.8 Å². The number of hydrazone groups is 1. The molecule has 3 N–H and O–H groups in total. The average Bonchev–Trinajstić information content (AvgIpc) is 2.45. The fraction of sp³-hybridized carbons (Fsp3) is 0.286. The molecule has 108 valence electrons. The molecule has 6 nitrogen and oxygen atoms in total. The Morgan fingerprint density at radius 1 is 1.50 bits per heavy atom. The van der Waals surface area contributed by atoms with Gasteiger partial charge in [0, 0.05) is 13.8 Å². The van der Waals surface area contributed by atoms with E-state index in [1.807, 2.05) is 18.2 Å². The van der Waals surface area contributed by atoms with Gasteiger partial charge in [0.2, 0.25) is 0 Å². The molecule has 0 radical (unpaired) electrons. The number of carbonyl (C=O) groups excluding carboxylic acids is 1. The lowest BCUT2D eigenvalue weighted by molar-refractivity contribution is -0.138. The van der Waals surface area contributed by atoms with E-state index in [4.69, 9.17) is 10.5 Å². The maximum atomic E-state index is 11.8. The molecule has 1 rings (SSSR count). The molecule has 1 aromatic rings. The summed E-state index contributed by atoms with van der Waals surface area (Å²) in [7, 11) is 1.68. The molecule has 0 aliphatic carbocycles. The molecule has 0 aromatic heterocycles. The lowest BCUT2D eigenvalue weighted by Crippen LogP contribution is -2.23. The first-order valence-corrected chi connectivity index (χ1v) is 6.21. The van der Waals surface area contributed by atoms with E-state index in [-0.39, 0.29) is 0 Å². The third-order valence-electron chi connectivity index (χ3n) is 2.69. The lowest BCUT2D eigenvalue weighted by Gasteiger charge is -2.21. The third kappa shape index (κ3) is 3.74. The first-order chi connectivity index (χ1) is 9.51. The Balaban J connectivity index is 3.14. The van der Waals surface area contributed by atoms with E-state index in [0.29, 0.717) is 29.4 Å². The first-order valence-electron chi connectivity index (χ1n) is 6.21. The molecule has 0 fully saturated rings. The summed E-state index contributed by atoms with van der Waals surface area (Å²) in [4.78, 5) is 11.8. The first kappa shape index (κ1) is 15.6. The highest BCUT2D eigenvalue weighted by Crippen LogP contribution is 2.21. The normalized spacial score (nSPS) is 11.3. The third-order valence-corrected chi connectivity index (χ3v) is 2.69. The molecule has 20 heavy (non-hydrogen) atoms. The van der Waals surface area contributed by atoms with Gasteiger partial charge in [0.25, 0.3) is 0 Å². The Bertz CT molecular complexity index is 526. The minimum Gasteiger partial charge on any atom is -0.463 e. The van der Waals surface area contributed by atoms with Crippen molar-refractivity contribution in [1.82, 2.24) is 5.01 Å². The van der Waals surface area contributed by atoms with Crippen LogP contribution in [-0.4, -0.2) is 31.4 Å². The molecule has 0 aliphatic heterocycles. The Morgan fingerprint density at radius 3 is 2.70 bits per heavy atom. The zero-order valence-corrected chi connectivity index (χ0v) is 12.0. The number of nitrogen functional groups attached to an aromatic ring is 1. The van der Waals surface area contributed by atoms with Crippen LogP contribution in [0.2, 0.25) is 0 Å². The number of rotatable bonds is 6. The highest BCUT2D eigenvalue weighted by atomic mass is 16.5. The minimum absolute atomic E-state index is 0.308. The molecule has 0 saturated heterocycles. The second-order valence-electron chi connectivity index (χ2n) is 4.07. The van der Waals surface area contributed by atoms with Gasteiger partial charge in [-0.3, -0.25) is 5.01 Å². The van der Waals surface area contributed by atoms with Crippen LogP contribution in [0, 0.1) is 0 Å². The van der Waals surface area contributed by atoms with Crippen molar-refractivity contribution in [1.29, 1.82) is 0 Å². The fourth-order valence-corrected chi connectivity index (χ4v) is 1.56. The second-order valence-corrected chi connectivity index (χ2v) is 4.07. The van der Waals surface area contributed by atoms with Gasteiger partial charge in [0.15, 0.2) is 0 Å². The molecule has 6 heteroatoms. The summed E-state index contributed by atoms with van der Waals surface area (Å²) >= 11 is 0. The molecule has 0 atom stereocenters. The number of carbonyl (C=O) groups is 1. The zero-order valence-electron chi connectivity index (χ0n) is 12.0. The Hall–Kier alpha value is -2.50. The van der Waals surface area contributed by atoms with Gasteiger partial charge in [-0.05, 0) is 26.0 Å². The molecule has 0 spiro atoms. The van der Waals surface area contributed by atoms with Gasteiger partial charge < -0.3 is 15.8 Å². The Morgan fingerprint density at radius 2 is 2.15 bits per heavy atom. The van der Waals surface area contributed by atoms with Crippen LogP contribution in [0.25, 0.3) is 0 Å². The van der Waals surface area contributed by atoms with Crippen molar-refractivity contribution in [3.63, 3.8) is 0 Å². The highest BCUT2D eigenvalue weighted by molar-refractivity contribution is 5.89. The maximum absolute atomic E-state index is 11.8. The van der Waals surface area contributed by atoms with Crippen LogP contribution in [-0.2, 0) is 9.53 Å². The van der Waals surface area contributed by atoms with Gasteiger partial charge in [0.05, 0.1) is 23.6 Å². The number of benzene rings is 1. The standard InChI is InChI=1S/C14H20N4O2/c1-5-20-14(19)10(2)13(18(4)16-3)17-12-9-7-6-8-11(12)15/h6-9,17H,3,5,15H2,1-2,4H3/b13-10+. The van der Waals surface area contributed by atoms with Crippen LogP contribution in [0.3, 0.4) is 0 Å². The molecule has 0 aliphatic rings.